The molecular weight excluding hydrogens is 342 g/mol. The van der Waals surface area contributed by atoms with Crippen molar-refractivity contribution in [1.29, 1.82) is 0 Å². The highest BCUT2D eigenvalue weighted by atomic mass is 32.1. The summed E-state index contributed by atoms with van der Waals surface area (Å²) in [6.07, 6.45) is 2.03. The van der Waals surface area contributed by atoms with Gasteiger partial charge in [0, 0.05) is 11.1 Å². The summed E-state index contributed by atoms with van der Waals surface area (Å²) in [5.74, 6) is 0. The van der Waals surface area contributed by atoms with E-state index in [-0.39, 0.29) is 0 Å². The van der Waals surface area contributed by atoms with Crippen LogP contribution in [0.15, 0.2) is 53.6 Å². The summed E-state index contributed by atoms with van der Waals surface area (Å²) in [4.78, 5) is 0. The first-order valence-corrected chi connectivity index (χ1v) is 9.40. The van der Waals surface area contributed by atoms with Gasteiger partial charge < -0.3 is 10.1 Å². The van der Waals surface area contributed by atoms with Crippen molar-refractivity contribution in [1.82, 2.24) is 10.7 Å². The van der Waals surface area contributed by atoms with Crippen LogP contribution in [0.3, 0.4) is 0 Å². The normalized spacial score (nSPS) is 19.5. The van der Waals surface area contributed by atoms with E-state index in [0.717, 1.165) is 29.7 Å². The zero-order valence-electron chi connectivity index (χ0n) is 15.5. The molecule has 0 radical (unpaired) electrons. The Kier molecular flexibility index (Phi) is 5.69. The van der Waals surface area contributed by atoms with E-state index < -0.39 is 5.72 Å². The molecule has 0 saturated carbocycles. The van der Waals surface area contributed by atoms with Crippen LogP contribution in [0.2, 0.25) is 0 Å². The second-order valence-corrected chi connectivity index (χ2v) is 7.05. The number of hydrogen-bond donors (Lipinski definition) is 2. The molecule has 1 aliphatic heterocycles. The summed E-state index contributed by atoms with van der Waals surface area (Å²) >= 11 is 5.37. The first kappa shape index (κ1) is 18.5. The predicted molar refractivity (Wildman–Crippen MR) is 110 cm³/mol. The molecule has 0 aliphatic carbocycles. The average molecular weight is 368 g/mol. The molecule has 0 fully saturated rings. The minimum atomic E-state index is -0.902. The van der Waals surface area contributed by atoms with Crippen LogP contribution in [0.5, 0.6) is 0 Å². The maximum Gasteiger partial charge on any atom is 0.212 e. The summed E-state index contributed by atoms with van der Waals surface area (Å²) in [6, 6.07) is 16.6. The zero-order valence-corrected chi connectivity index (χ0v) is 16.3. The highest BCUT2D eigenvalue weighted by molar-refractivity contribution is 7.80. The van der Waals surface area contributed by atoms with Gasteiger partial charge in [-0.05, 0) is 32.5 Å². The maximum atomic E-state index is 6.44. The number of unbranched alkanes of at least 4 members (excludes halogenated alkanes) is 1. The van der Waals surface area contributed by atoms with Crippen LogP contribution in [0.25, 0.3) is 0 Å². The number of thiocarbonyl (C=S) groups is 1. The van der Waals surface area contributed by atoms with Crippen LogP contribution < -0.4 is 10.7 Å². The van der Waals surface area contributed by atoms with Gasteiger partial charge in [-0.1, -0.05) is 73.0 Å². The Balaban J connectivity index is 2.11. The van der Waals surface area contributed by atoms with Crippen molar-refractivity contribution in [2.24, 2.45) is 5.10 Å². The van der Waals surface area contributed by atoms with Gasteiger partial charge in [0.25, 0.3) is 0 Å². The standard InChI is InChI=1S/C21H25N3OS/c1-4-5-14-25-21(18-12-8-16(3)9-13-18)19(23-24-20(26)22-21)17-10-6-15(2)7-11-17/h6-13H,4-5,14H2,1-3H3,(H2,22,24,26)/t21-/m1/s1. The van der Waals surface area contributed by atoms with E-state index in [9.17, 15) is 0 Å². The van der Waals surface area contributed by atoms with Gasteiger partial charge in [-0.15, -0.1) is 0 Å². The Hall–Kier alpha value is -2.24. The van der Waals surface area contributed by atoms with Gasteiger partial charge in [0.2, 0.25) is 5.72 Å². The molecule has 26 heavy (non-hydrogen) atoms. The molecule has 4 nitrogen and oxygen atoms in total. The summed E-state index contributed by atoms with van der Waals surface area (Å²) in [6.45, 7) is 6.91. The fourth-order valence-corrected chi connectivity index (χ4v) is 3.16. The van der Waals surface area contributed by atoms with Crippen molar-refractivity contribution in [3.05, 3.63) is 70.8 Å². The van der Waals surface area contributed by atoms with Crippen LogP contribution in [-0.2, 0) is 10.5 Å². The third-order valence-corrected chi connectivity index (χ3v) is 4.69. The SMILES string of the molecule is CCCCO[C@@]1(c2ccc(C)cc2)NC(=S)NN=C1c1ccc(C)cc1. The molecule has 0 saturated heterocycles. The lowest BCUT2D eigenvalue weighted by Gasteiger charge is -2.39. The van der Waals surface area contributed by atoms with Crippen LogP contribution in [-0.4, -0.2) is 17.4 Å². The monoisotopic (exact) mass is 367 g/mol. The third kappa shape index (κ3) is 3.79. The van der Waals surface area contributed by atoms with Crippen molar-refractivity contribution < 1.29 is 4.74 Å². The van der Waals surface area contributed by atoms with E-state index >= 15 is 0 Å². The molecule has 2 aromatic rings. The van der Waals surface area contributed by atoms with Crippen molar-refractivity contribution in [2.75, 3.05) is 6.61 Å². The number of hydrazone groups is 1. The number of nitrogens with one attached hydrogen (secondary N) is 2. The van der Waals surface area contributed by atoms with Gasteiger partial charge in [0.1, 0.15) is 5.71 Å². The largest absolute Gasteiger partial charge is 0.346 e. The number of aryl methyl sites for hydroxylation is 2. The maximum absolute atomic E-state index is 6.44. The molecule has 0 unspecified atom stereocenters. The van der Waals surface area contributed by atoms with Gasteiger partial charge in [0.05, 0.1) is 6.61 Å². The molecule has 0 amide bonds. The van der Waals surface area contributed by atoms with Crippen molar-refractivity contribution in [2.45, 2.75) is 39.3 Å². The molecule has 0 bridgehead atoms. The molecule has 2 aromatic carbocycles. The lowest BCUT2D eigenvalue weighted by atomic mass is 9.91. The van der Waals surface area contributed by atoms with Crippen LogP contribution in [0.4, 0.5) is 0 Å². The van der Waals surface area contributed by atoms with E-state index in [1.165, 1.54) is 11.1 Å². The number of hydrogen-bond acceptors (Lipinski definition) is 3. The molecule has 2 N–H and O–H groups in total. The highest BCUT2D eigenvalue weighted by Crippen LogP contribution is 2.31. The fraction of sp³-hybridized carbons (Fsp3) is 0.333. The first-order valence-electron chi connectivity index (χ1n) is 8.99. The van der Waals surface area contributed by atoms with Crippen molar-refractivity contribution in [3.63, 3.8) is 0 Å². The van der Waals surface area contributed by atoms with Crippen molar-refractivity contribution >= 4 is 23.0 Å². The van der Waals surface area contributed by atoms with E-state index in [1.54, 1.807) is 0 Å². The lowest BCUT2D eigenvalue weighted by molar-refractivity contribution is -0.0112. The highest BCUT2D eigenvalue weighted by Gasteiger charge is 2.43. The van der Waals surface area contributed by atoms with Gasteiger partial charge in [-0.2, -0.15) is 5.10 Å². The second-order valence-electron chi connectivity index (χ2n) is 6.64. The van der Waals surface area contributed by atoms with Crippen LogP contribution in [0.1, 0.15) is 42.0 Å². The Morgan fingerprint density at radius 2 is 1.62 bits per heavy atom. The second kappa shape index (κ2) is 7.98. The minimum Gasteiger partial charge on any atom is -0.346 e. The summed E-state index contributed by atoms with van der Waals surface area (Å²) in [5, 5.41) is 8.39. The summed E-state index contributed by atoms with van der Waals surface area (Å²) in [5.41, 5.74) is 7.16. The average Bonchev–Trinajstić information content (AvgIpc) is 2.63. The van der Waals surface area contributed by atoms with Gasteiger partial charge >= 0.3 is 0 Å². The number of rotatable bonds is 6. The number of benzene rings is 2. The molecule has 136 valence electrons. The molecular formula is C21H25N3OS. The zero-order chi connectivity index (χ0) is 18.6. The molecule has 0 aromatic heterocycles. The molecule has 0 spiro atoms. The molecule has 3 rings (SSSR count). The van der Waals surface area contributed by atoms with Gasteiger partial charge in [0.15, 0.2) is 5.11 Å². The van der Waals surface area contributed by atoms with E-state index in [1.807, 2.05) is 0 Å². The van der Waals surface area contributed by atoms with Crippen LogP contribution in [0, 0.1) is 13.8 Å². The van der Waals surface area contributed by atoms with Gasteiger partial charge in [-0.3, -0.25) is 5.43 Å². The molecule has 5 heteroatoms. The van der Waals surface area contributed by atoms with E-state index in [4.69, 9.17) is 17.0 Å². The quantitative estimate of drug-likeness (QED) is 0.595. The van der Waals surface area contributed by atoms with Crippen LogP contribution >= 0.6 is 12.2 Å². The summed E-state index contributed by atoms with van der Waals surface area (Å²) < 4.78 is 6.44. The number of ether oxygens (including phenoxy) is 1. The minimum absolute atomic E-state index is 0.456. The third-order valence-electron chi connectivity index (χ3n) is 4.49. The Bertz CT molecular complexity index is 799. The molecule has 1 atom stereocenters. The lowest BCUT2D eigenvalue weighted by Crippen LogP contribution is -2.60. The Morgan fingerprint density at radius 3 is 2.23 bits per heavy atom. The van der Waals surface area contributed by atoms with Gasteiger partial charge in [-0.25, -0.2) is 0 Å². The van der Waals surface area contributed by atoms with Crippen molar-refractivity contribution in [3.8, 4) is 0 Å². The predicted octanol–water partition coefficient (Wildman–Crippen LogP) is 4.15. The fourth-order valence-electron chi connectivity index (χ4n) is 2.97. The smallest absolute Gasteiger partial charge is 0.212 e. The molecule has 1 aliphatic rings. The first-order chi connectivity index (χ1) is 12.5. The molecule has 1 heterocycles. The summed E-state index contributed by atoms with van der Waals surface area (Å²) in [7, 11) is 0. The Labute approximate surface area is 160 Å². The van der Waals surface area contributed by atoms with E-state index in [0.29, 0.717) is 11.7 Å². The Morgan fingerprint density at radius 1 is 1.00 bits per heavy atom. The number of nitrogens with zero attached hydrogens (tertiary/aromatic N) is 1. The topological polar surface area (TPSA) is 45.6 Å². The van der Waals surface area contributed by atoms with E-state index in [2.05, 4.69) is 85.1 Å².